The second kappa shape index (κ2) is 7.72. The molecule has 2 saturated carbocycles. The van der Waals surface area contributed by atoms with Crippen LogP contribution in [0.1, 0.15) is 53.9 Å². The lowest BCUT2D eigenvalue weighted by atomic mass is 9.69. The lowest BCUT2D eigenvalue weighted by Crippen LogP contribution is -2.55. The molecule has 1 aliphatic heterocycles. The monoisotopic (exact) mass is 486 g/mol. The highest BCUT2D eigenvalue weighted by molar-refractivity contribution is 7.90. The first-order valence-electron chi connectivity index (χ1n) is 10.7. The van der Waals surface area contributed by atoms with Gasteiger partial charge in [-0.05, 0) is 44.4 Å². The molecule has 180 valence electrons. The molecule has 1 amide bonds. The first-order chi connectivity index (χ1) is 14.1. The van der Waals surface area contributed by atoms with Gasteiger partial charge in [0.2, 0.25) is 10.0 Å². The van der Waals surface area contributed by atoms with Crippen molar-refractivity contribution in [2.45, 2.75) is 71.6 Å². The van der Waals surface area contributed by atoms with Crippen LogP contribution in [0.15, 0.2) is 0 Å². The lowest BCUT2D eigenvalue weighted by molar-refractivity contribution is -0.134. The number of nitrogens with two attached hydrogens (primary N) is 1. The molecule has 8 nitrogen and oxygen atoms in total. The quantitative estimate of drug-likeness (QED) is 0.524. The van der Waals surface area contributed by atoms with Gasteiger partial charge in [0.25, 0.3) is 5.91 Å². The number of fused-ring (bicyclic) bond motifs is 1. The minimum Gasteiger partial charge on any atom is -0.319 e. The summed E-state index contributed by atoms with van der Waals surface area (Å²) in [5.41, 5.74) is 0.963. The molecule has 3 fully saturated rings. The average Bonchev–Trinajstić information content (AvgIpc) is 3.14. The van der Waals surface area contributed by atoms with E-state index in [0.29, 0.717) is 12.8 Å². The van der Waals surface area contributed by atoms with Gasteiger partial charge in [0.05, 0.1) is 37.0 Å². The van der Waals surface area contributed by atoms with E-state index >= 15 is 8.78 Å². The van der Waals surface area contributed by atoms with Gasteiger partial charge in [-0.1, -0.05) is 20.8 Å². The number of hydrogen-bond acceptors (Lipinski definition) is 7. The van der Waals surface area contributed by atoms with Crippen molar-refractivity contribution in [2.75, 3.05) is 19.0 Å². The van der Waals surface area contributed by atoms with E-state index in [1.807, 2.05) is 13.8 Å². The largest absolute Gasteiger partial charge is 0.399 e. The molecule has 1 saturated heterocycles. The Morgan fingerprint density at radius 3 is 2.32 bits per heavy atom. The zero-order valence-corrected chi connectivity index (χ0v) is 20.3. The van der Waals surface area contributed by atoms with Crippen LogP contribution >= 0.6 is 7.60 Å². The van der Waals surface area contributed by atoms with Crippen LogP contribution in [0.4, 0.5) is 8.78 Å². The van der Waals surface area contributed by atoms with E-state index in [1.165, 1.54) is 13.8 Å². The van der Waals surface area contributed by atoms with Crippen LogP contribution in [-0.4, -0.2) is 55.3 Å². The van der Waals surface area contributed by atoms with Crippen molar-refractivity contribution in [3.63, 3.8) is 0 Å². The van der Waals surface area contributed by atoms with Gasteiger partial charge in [-0.2, -0.15) is 8.78 Å². The van der Waals surface area contributed by atoms with Gasteiger partial charge in [-0.25, -0.2) is 12.7 Å². The fraction of sp³-hybridized carbons (Fsp3) is 0.947. The Bertz CT molecular complexity index is 888. The Hall–Kier alpha value is -0.610. The Kier molecular flexibility index (Phi) is 6.23. The topological polar surface area (TPSA) is 116 Å². The standard InChI is InChI=1S/C19H33F2N2O6PS/c1-6-28-30(25,29-7-2)19(20,21)12(3)15(22)16(24)23-14-10-13-8-9-18(14,17(13,4)5)11-31(23,26)27/h12-15H,6-11,22H2,1-5H3/t12-,13-,14+,15-,18-/m1/s1. The molecule has 1 heterocycles. The zero-order valence-electron chi connectivity index (χ0n) is 18.6. The summed E-state index contributed by atoms with van der Waals surface area (Å²) < 4.78 is 79.4. The second-order valence-electron chi connectivity index (χ2n) is 9.49. The maximum Gasteiger partial charge on any atom is 0.399 e. The summed E-state index contributed by atoms with van der Waals surface area (Å²) in [4.78, 5) is 13.2. The number of carbonyl (C=O) groups excluding carboxylic acids is 1. The number of halogens is 2. The molecule has 1 spiro atoms. The highest BCUT2D eigenvalue weighted by Gasteiger charge is 2.73. The van der Waals surface area contributed by atoms with E-state index in [2.05, 4.69) is 0 Å². The normalized spacial score (nSPS) is 33.4. The van der Waals surface area contributed by atoms with Crippen molar-refractivity contribution >= 4 is 23.5 Å². The van der Waals surface area contributed by atoms with Crippen LogP contribution in [0.2, 0.25) is 0 Å². The van der Waals surface area contributed by atoms with Crippen LogP contribution < -0.4 is 5.73 Å². The predicted octanol–water partition coefficient (Wildman–Crippen LogP) is 3.18. The molecule has 0 unspecified atom stereocenters. The molecular weight excluding hydrogens is 453 g/mol. The highest BCUT2D eigenvalue weighted by atomic mass is 32.2. The van der Waals surface area contributed by atoms with Gasteiger partial charge < -0.3 is 14.8 Å². The summed E-state index contributed by atoms with van der Waals surface area (Å²) >= 11 is 0. The van der Waals surface area contributed by atoms with E-state index in [-0.39, 0.29) is 30.3 Å². The minimum atomic E-state index is -4.92. The van der Waals surface area contributed by atoms with E-state index in [0.717, 1.165) is 17.6 Å². The number of rotatable bonds is 8. The fourth-order valence-electron chi connectivity index (χ4n) is 5.95. The molecule has 0 aromatic heterocycles. The summed E-state index contributed by atoms with van der Waals surface area (Å²) in [6.45, 7) is 7.22. The number of alkyl halides is 2. The molecule has 12 heteroatoms. The maximum atomic E-state index is 15.2. The van der Waals surface area contributed by atoms with Crippen LogP contribution in [0.5, 0.6) is 0 Å². The molecule has 2 bridgehead atoms. The Morgan fingerprint density at radius 1 is 1.29 bits per heavy atom. The van der Waals surface area contributed by atoms with Crippen molar-refractivity contribution in [3.8, 4) is 0 Å². The van der Waals surface area contributed by atoms with Crippen LogP contribution in [0.3, 0.4) is 0 Å². The average molecular weight is 487 g/mol. The van der Waals surface area contributed by atoms with E-state index in [1.54, 1.807) is 0 Å². The minimum absolute atomic E-state index is 0.187. The van der Waals surface area contributed by atoms with Crippen molar-refractivity contribution in [1.82, 2.24) is 4.31 Å². The van der Waals surface area contributed by atoms with Crippen LogP contribution in [0.25, 0.3) is 0 Å². The van der Waals surface area contributed by atoms with Crippen molar-refractivity contribution < 1.29 is 35.6 Å². The molecule has 0 radical (unpaired) electrons. The third kappa shape index (κ3) is 3.33. The highest BCUT2D eigenvalue weighted by Crippen LogP contribution is 2.70. The van der Waals surface area contributed by atoms with Crippen LogP contribution in [-0.2, 0) is 28.4 Å². The van der Waals surface area contributed by atoms with Gasteiger partial charge in [-0.15, -0.1) is 0 Å². The summed E-state index contributed by atoms with van der Waals surface area (Å²) in [7, 11) is -8.94. The van der Waals surface area contributed by atoms with Gasteiger partial charge in [-0.3, -0.25) is 9.36 Å². The molecule has 31 heavy (non-hydrogen) atoms. The fourth-order valence-corrected chi connectivity index (χ4v) is 10.3. The second-order valence-corrected chi connectivity index (χ2v) is 13.4. The van der Waals surface area contributed by atoms with Gasteiger partial charge >= 0.3 is 13.3 Å². The number of hydrogen-bond donors (Lipinski definition) is 1. The summed E-state index contributed by atoms with van der Waals surface area (Å²) in [6.07, 6.45) is 2.06. The number of amides is 1. The summed E-state index contributed by atoms with van der Waals surface area (Å²) in [5, 5.41) is 0. The molecule has 0 aromatic carbocycles. The maximum absolute atomic E-state index is 15.2. The third-order valence-electron chi connectivity index (χ3n) is 7.96. The lowest BCUT2D eigenvalue weighted by Gasteiger charge is -2.38. The van der Waals surface area contributed by atoms with E-state index < -0.39 is 52.6 Å². The Balaban J connectivity index is 1.91. The van der Waals surface area contributed by atoms with Crippen LogP contribution in [0, 0.1) is 22.7 Å². The first kappa shape index (κ1) is 25.0. The van der Waals surface area contributed by atoms with Crippen molar-refractivity contribution in [2.24, 2.45) is 28.4 Å². The number of sulfonamides is 1. The van der Waals surface area contributed by atoms with Crippen molar-refractivity contribution in [3.05, 3.63) is 0 Å². The van der Waals surface area contributed by atoms with Crippen molar-refractivity contribution in [1.29, 1.82) is 0 Å². The zero-order chi connectivity index (χ0) is 23.6. The number of nitrogens with zero attached hydrogens (tertiary/aromatic N) is 1. The Morgan fingerprint density at radius 2 is 1.84 bits per heavy atom. The molecule has 2 aliphatic carbocycles. The third-order valence-corrected chi connectivity index (χ3v) is 12.2. The summed E-state index contributed by atoms with van der Waals surface area (Å²) in [5.74, 6) is -2.98. The molecule has 5 atom stereocenters. The van der Waals surface area contributed by atoms with Gasteiger partial charge in [0.1, 0.15) is 0 Å². The molecule has 3 rings (SSSR count). The molecule has 0 aromatic rings. The molecular formula is C19H33F2N2O6PS. The van der Waals surface area contributed by atoms with E-state index in [4.69, 9.17) is 14.8 Å². The molecule has 2 N–H and O–H groups in total. The van der Waals surface area contributed by atoms with Gasteiger partial charge in [0, 0.05) is 5.41 Å². The van der Waals surface area contributed by atoms with E-state index in [9.17, 15) is 17.8 Å². The Labute approximate surface area is 182 Å². The predicted molar refractivity (Wildman–Crippen MR) is 111 cm³/mol. The number of carbonyl (C=O) groups is 1. The summed E-state index contributed by atoms with van der Waals surface area (Å²) in [6, 6.07) is -2.48. The van der Waals surface area contributed by atoms with Gasteiger partial charge in [0.15, 0.2) is 0 Å². The SMILES string of the molecule is CCOP(=O)(OCC)C(F)(F)[C@H](C)[C@@H](N)C(=O)N1[C@H]2C[C@H]3CC[C@]2(CS1(=O)=O)C3(C)C. The smallest absolute Gasteiger partial charge is 0.319 e. The first-order valence-corrected chi connectivity index (χ1v) is 13.9. The molecule has 3 aliphatic rings.